The van der Waals surface area contributed by atoms with Crippen LogP contribution < -0.4 is 4.72 Å². The summed E-state index contributed by atoms with van der Waals surface area (Å²) in [5, 5.41) is 3.87. The third-order valence-electron chi connectivity index (χ3n) is 2.58. The Bertz CT molecular complexity index is 533. The number of nitrogens with one attached hydrogen (secondary N) is 1. The maximum Gasteiger partial charge on any atom is 0.327 e. The number of aromatic nitrogens is 2. The van der Waals surface area contributed by atoms with Crippen LogP contribution in [0.4, 0.5) is 5.69 Å². The molecule has 1 heterocycles. The molecule has 1 saturated carbocycles. The van der Waals surface area contributed by atoms with Crippen LogP contribution in [0, 0.1) is 5.92 Å². The molecule has 2 rings (SSSR count). The molecule has 100 valence electrons. The van der Waals surface area contributed by atoms with Gasteiger partial charge >= 0.3 is 5.97 Å². The molecule has 0 radical (unpaired) electrons. The zero-order valence-corrected chi connectivity index (χ0v) is 10.8. The highest BCUT2D eigenvalue weighted by atomic mass is 32.2. The Hall–Kier alpha value is -1.57. The van der Waals surface area contributed by atoms with E-state index < -0.39 is 16.0 Å². The molecule has 0 spiro atoms. The fraction of sp³-hybridized carbons (Fsp3) is 0.600. The molecule has 18 heavy (non-hydrogen) atoms. The Morgan fingerprint density at radius 3 is 2.94 bits per heavy atom. The third kappa shape index (κ3) is 3.73. The van der Waals surface area contributed by atoms with Crippen LogP contribution in [0.5, 0.6) is 0 Å². The average Bonchev–Trinajstić information content (AvgIpc) is 2.98. The summed E-state index contributed by atoms with van der Waals surface area (Å²) in [6.07, 6.45) is 4.78. The number of hydrogen-bond donors (Lipinski definition) is 1. The van der Waals surface area contributed by atoms with Crippen molar-refractivity contribution in [1.82, 2.24) is 9.78 Å². The number of sulfonamides is 1. The number of methoxy groups -OCH3 is 1. The van der Waals surface area contributed by atoms with E-state index in [0.717, 1.165) is 12.8 Å². The highest BCUT2D eigenvalue weighted by Crippen LogP contribution is 2.30. The molecule has 0 unspecified atom stereocenters. The molecule has 8 heteroatoms. The maximum absolute atomic E-state index is 11.7. The van der Waals surface area contributed by atoms with Crippen molar-refractivity contribution >= 4 is 21.7 Å². The molecule has 0 aromatic carbocycles. The van der Waals surface area contributed by atoms with Gasteiger partial charge in [0, 0.05) is 6.20 Å². The number of carbonyl (C=O) groups excluding carboxylic acids is 1. The lowest BCUT2D eigenvalue weighted by Crippen LogP contribution is -2.17. The molecule has 0 atom stereocenters. The molecule has 1 N–H and O–H groups in total. The Kier molecular flexibility index (Phi) is 3.55. The van der Waals surface area contributed by atoms with Crippen molar-refractivity contribution in [2.75, 3.05) is 17.6 Å². The second-order valence-electron chi connectivity index (χ2n) is 4.33. The molecule has 1 fully saturated rings. The lowest BCUT2D eigenvalue weighted by molar-refractivity contribution is -0.141. The SMILES string of the molecule is COC(=O)Cn1cc(NS(=O)(=O)CC2CC2)cn1. The summed E-state index contributed by atoms with van der Waals surface area (Å²) < 4.78 is 31.6. The first-order valence-electron chi connectivity index (χ1n) is 5.58. The highest BCUT2D eigenvalue weighted by molar-refractivity contribution is 7.92. The number of anilines is 1. The van der Waals surface area contributed by atoms with E-state index in [4.69, 9.17) is 0 Å². The quantitative estimate of drug-likeness (QED) is 0.748. The molecule has 0 saturated heterocycles. The van der Waals surface area contributed by atoms with E-state index in [0.29, 0.717) is 5.69 Å². The number of hydrogen-bond acceptors (Lipinski definition) is 5. The fourth-order valence-electron chi connectivity index (χ4n) is 1.52. The summed E-state index contributed by atoms with van der Waals surface area (Å²) in [6, 6.07) is 0. The first kappa shape index (κ1) is 12.9. The monoisotopic (exact) mass is 273 g/mol. The van der Waals surface area contributed by atoms with Crippen molar-refractivity contribution in [3.05, 3.63) is 12.4 Å². The van der Waals surface area contributed by atoms with E-state index in [2.05, 4.69) is 14.6 Å². The predicted molar refractivity (Wildman–Crippen MR) is 64.4 cm³/mol. The van der Waals surface area contributed by atoms with Gasteiger partial charge in [-0.3, -0.25) is 14.2 Å². The van der Waals surface area contributed by atoms with Gasteiger partial charge in [0.15, 0.2) is 0 Å². The van der Waals surface area contributed by atoms with Gasteiger partial charge in [0.1, 0.15) is 6.54 Å². The van der Waals surface area contributed by atoms with Gasteiger partial charge in [0.25, 0.3) is 0 Å². The average molecular weight is 273 g/mol. The molecular weight excluding hydrogens is 258 g/mol. The van der Waals surface area contributed by atoms with Gasteiger partial charge in [0.05, 0.1) is 24.7 Å². The van der Waals surface area contributed by atoms with Gasteiger partial charge in [-0.2, -0.15) is 5.10 Å². The number of ether oxygens (including phenoxy) is 1. The summed E-state index contributed by atoms with van der Waals surface area (Å²) in [7, 11) is -2.03. The minimum absolute atomic E-state index is 0.0408. The van der Waals surface area contributed by atoms with E-state index in [9.17, 15) is 13.2 Å². The minimum Gasteiger partial charge on any atom is -0.468 e. The van der Waals surface area contributed by atoms with Gasteiger partial charge in [-0.05, 0) is 18.8 Å². The van der Waals surface area contributed by atoms with Crippen molar-refractivity contribution in [3.8, 4) is 0 Å². The van der Waals surface area contributed by atoms with E-state index in [-0.39, 0.29) is 18.2 Å². The van der Waals surface area contributed by atoms with Gasteiger partial charge in [0.2, 0.25) is 10.0 Å². The first-order chi connectivity index (χ1) is 8.48. The predicted octanol–water partition coefficient (Wildman–Crippen LogP) is 0.208. The summed E-state index contributed by atoms with van der Waals surface area (Å²) in [6.45, 7) is -0.0408. The molecule has 1 aromatic rings. The molecule has 1 aliphatic rings. The Morgan fingerprint density at radius 2 is 2.33 bits per heavy atom. The summed E-state index contributed by atoms with van der Waals surface area (Å²) >= 11 is 0. The van der Waals surface area contributed by atoms with Crippen LogP contribution in [-0.2, 0) is 26.1 Å². The Balaban J connectivity index is 1.95. The van der Waals surface area contributed by atoms with Crippen LogP contribution in [0.2, 0.25) is 0 Å². The molecule has 1 aliphatic carbocycles. The summed E-state index contributed by atoms with van der Waals surface area (Å²) in [5.41, 5.74) is 0.361. The molecule has 0 amide bonds. The van der Waals surface area contributed by atoms with Crippen molar-refractivity contribution in [1.29, 1.82) is 0 Å². The van der Waals surface area contributed by atoms with Crippen molar-refractivity contribution in [2.24, 2.45) is 5.92 Å². The Morgan fingerprint density at radius 1 is 1.61 bits per heavy atom. The number of esters is 1. The van der Waals surface area contributed by atoms with E-state index in [1.165, 1.54) is 24.2 Å². The summed E-state index contributed by atoms with van der Waals surface area (Å²) in [5.74, 6) is -0.00654. The molecule has 7 nitrogen and oxygen atoms in total. The van der Waals surface area contributed by atoms with Gasteiger partial charge in [-0.1, -0.05) is 0 Å². The van der Waals surface area contributed by atoms with E-state index in [1.54, 1.807) is 0 Å². The van der Waals surface area contributed by atoms with Crippen LogP contribution in [0.15, 0.2) is 12.4 Å². The zero-order valence-electron chi connectivity index (χ0n) is 10.00. The van der Waals surface area contributed by atoms with Crippen molar-refractivity contribution in [2.45, 2.75) is 19.4 Å². The Labute approximate surface area is 105 Å². The maximum atomic E-state index is 11.7. The molecular formula is C10H15N3O4S. The second kappa shape index (κ2) is 4.97. The van der Waals surface area contributed by atoms with E-state index >= 15 is 0 Å². The van der Waals surface area contributed by atoms with Crippen molar-refractivity contribution < 1.29 is 17.9 Å². The highest BCUT2D eigenvalue weighted by Gasteiger charge is 2.28. The minimum atomic E-state index is -3.31. The smallest absolute Gasteiger partial charge is 0.327 e. The number of rotatable bonds is 6. The summed E-state index contributed by atoms with van der Waals surface area (Å²) in [4.78, 5) is 11.0. The zero-order chi connectivity index (χ0) is 13.2. The number of nitrogens with zero attached hydrogens (tertiary/aromatic N) is 2. The van der Waals surface area contributed by atoms with Crippen LogP contribution in [0.1, 0.15) is 12.8 Å². The fourth-order valence-corrected chi connectivity index (χ4v) is 3.02. The lowest BCUT2D eigenvalue weighted by atomic mass is 10.5. The van der Waals surface area contributed by atoms with Gasteiger partial charge in [-0.15, -0.1) is 0 Å². The standard InChI is InChI=1S/C10H15N3O4S/c1-17-10(14)6-13-5-9(4-11-13)12-18(15,16)7-8-2-3-8/h4-5,8,12H,2-3,6-7H2,1H3. The van der Waals surface area contributed by atoms with Gasteiger partial charge < -0.3 is 4.74 Å². The first-order valence-corrected chi connectivity index (χ1v) is 7.23. The molecule has 1 aromatic heterocycles. The topological polar surface area (TPSA) is 90.3 Å². The molecule has 0 aliphatic heterocycles. The van der Waals surface area contributed by atoms with Crippen molar-refractivity contribution in [3.63, 3.8) is 0 Å². The third-order valence-corrected chi connectivity index (χ3v) is 4.03. The van der Waals surface area contributed by atoms with Gasteiger partial charge in [-0.25, -0.2) is 8.42 Å². The number of carbonyl (C=O) groups is 1. The second-order valence-corrected chi connectivity index (χ2v) is 6.10. The molecule has 0 bridgehead atoms. The van der Waals surface area contributed by atoms with Crippen LogP contribution in [0.3, 0.4) is 0 Å². The normalized spacial score (nSPS) is 15.4. The van der Waals surface area contributed by atoms with Crippen LogP contribution in [0.25, 0.3) is 0 Å². The van der Waals surface area contributed by atoms with Crippen LogP contribution >= 0.6 is 0 Å². The lowest BCUT2D eigenvalue weighted by Gasteiger charge is -2.04. The largest absolute Gasteiger partial charge is 0.468 e. The van der Waals surface area contributed by atoms with Crippen LogP contribution in [-0.4, -0.2) is 37.0 Å². The van der Waals surface area contributed by atoms with E-state index in [1.807, 2.05) is 0 Å².